The van der Waals surface area contributed by atoms with Crippen molar-refractivity contribution in [3.8, 4) is 0 Å². The molecule has 0 radical (unpaired) electrons. The van der Waals surface area contributed by atoms with E-state index in [0.717, 1.165) is 6.54 Å². The average molecular weight is 157 g/mol. The third-order valence-electron chi connectivity index (χ3n) is 1.30. The Balaban J connectivity index is 0.000000218. The van der Waals surface area contributed by atoms with Crippen LogP contribution in [0.1, 0.15) is 13.8 Å². The van der Waals surface area contributed by atoms with Crippen LogP contribution in [0.3, 0.4) is 0 Å². The average Bonchev–Trinajstić information content (AvgIpc) is 2.37. The van der Waals surface area contributed by atoms with Gasteiger partial charge >= 0.3 is 6.09 Å². The number of hydrogen-bond acceptors (Lipinski definition) is 2. The molecule has 64 valence electrons. The fraction of sp³-hybridized carbons (Fsp3) is 0.625. The lowest BCUT2D eigenvalue weighted by Gasteiger charge is -1.98. The molecule has 1 amide bonds. The first kappa shape index (κ1) is 10.0. The van der Waals surface area contributed by atoms with Crippen LogP contribution in [-0.2, 0) is 4.74 Å². The molecule has 0 bridgehead atoms. The summed E-state index contributed by atoms with van der Waals surface area (Å²) in [5, 5.41) is 0. The Bertz CT molecular complexity index is 139. The Labute approximate surface area is 67.6 Å². The SMILES string of the molecule is C/C=C/C.CN1CCOC1=O. The Kier molecular flexibility index (Phi) is 5.25. The lowest BCUT2D eigenvalue weighted by molar-refractivity contribution is 0.163. The van der Waals surface area contributed by atoms with E-state index in [0.29, 0.717) is 6.61 Å². The molecule has 1 heterocycles. The number of likely N-dealkylation sites (N-methyl/N-ethyl adjacent to an activating group) is 1. The predicted octanol–water partition coefficient (Wildman–Crippen LogP) is 1.65. The minimum atomic E-state index is -0.208. The highest BCUT2D eigenvalue weighted by Gasteiger charge is 2.15. The molecule has 1 aliphatic rings. The molecular formula is C8H15NO2. The second-order valence-corrected chi connectivity index (χ2v) is 2.20. The normalized spacial score (nSPS) is 16.3. The highest BCUT2D eigenvalue weighted by molar-refractivity contribution is 5.68. The molecule has 0 atom stereocenters. The fourth-order valence-corrected chi connectivity index (χ4v) is 0.471. The standard InChI is InChI=1S/C4H7NO2.C4H8/c1-5-2-3-7-4(5)6;1-3-4-2/h2-3H2,1H3;3-4H,1-2H3/b;4-3+. The second kappa shape index (κ2) is 5.77. The molecule has 0 N–H and O–H groups in total. The molecule has 3 nitrogen and oxygen atoms in total. The van der Waals surface area contributed by atoms with Crippen LogP contribution in [0.5, 0.6) is 0 Å². The van der Waals surface area contributed by atoms with Crippen LogP contribution >= 0.6 is 0 Å². The summed E-state index contributed by atoms with van der Waals surface area (Å²) in [4.78, 5) is 11.8. The largest absolute Gasteiger partial charge is 0.448 e. The van der Waals surface area contributed by atoms with Gasteiger partial charge in [0.15, 0.2) is 0 Å². The van der Waals surface area contributed by atoms with Gasteiger partial charge in [0.1, 0.15) is 6.61 Å². The highest BCUT2D eigenvalue weighted by atomic mass is 16.6. The second-order valence-electron chi connectivity index (χ2n) is 2.20. The number of cyclic esters (lactones) is 1. The van der Waals surface area contributed by atoms with E-state index in [9.17, 15) is 4.79 Å². The fourth-order valence-electron chi connectivity index (χ4n) is 0.471. The van der Waals surface area contributed by atoms with Gasteiger partial charge in [0.05, 0.1) is 6.54 Å². The number of ether oxygens (including phenoxy) is 1. The van der Waals surface area contributed by atoms with Crippen molar-refractivity contribution < 1.29 is 9.53 Å². The maximum atomic E-state index is 10.3. The Hall–Kier alpha value is -0.990. The minimum Gasteiger partial charge on any atom is -0.448 e. The molecule has 1 fully saturated rings. The summed E-state index contributed by atoms with van der Waals surface area (Å²) < 4.78 is 4.55. The number of hydrogen-bond donors (Lipinski definition) is 0. The summed E-state index contributed by atoms with van der Waals surface area (Å²) in [7, 11) is 1.72. The molecule has 11 heavy (non-hydrogen) atoms. The van der Waals surface area contributed by atoms with Gasteiger partial charge in [-0.2, -0.15) is 0 Å². The van der Waals surface area contributed by atoms with Crippen LogP contribution in [0.25, 0.3) is 0 Å². The number of carbonyl (C=O) groups is 1. The first-order valence-electron chi connectivity index (χ1n) is 3.67. The van der Waals surface area contributed by atoms with Crippen molar-refractivity contribution in [1.29, 1.82) is 0 Å². The lowest BCUT2D eigenvalue weighted by atomic mass is 10.6. The molecule has 0 spiro atoms. The molecule has 0 aromatic rings. The van der Waals surface area contributed by atoms with E-state index >= 15 is 0 Å². The highest BCUT2D eigenvalue weighted by Crippen LogP contribution is 1.96. The number of rotatable bonds is 0. The van der Waals surface area contributed by atoms with Gasteiger partial charge in [-0.1, -0.05) is 12.2 Å². The van der Waals surface area contributed by atoms with Crippen LogP contribution in [0.2, 0.25) is 0 Å². The third kappa shape index (κ3) is 4.42. The van der Waals surface area contributed by atoms with Crippen LogP contribution in [-0.4, -0.2) is 31.2 Å². The summed E-state index contributed by atoms with van der Waals surface area (Å²) in [5.74, 6) is 0. The summed E-state index contributed by atoms with van der Waals surface area (Å²) in [5.41, 5.74) is 0. The smallest absolute Gasteiger partial charge is 0.409 e. The quantitative estimate of drug-likeness (QED) is 0.500. The number of nitrogens with zero attached hydrogens (tertiary/aromatic N) is 1. The van der Waals surface area contributed by atoms with Gasteiger partial charge in [0, 0.05) is 7.05 Å². The minimum absolute atomic E-state index is 0.208. The van der Waals surface area contributed by atoms with Crippen LogP contribution < -0.4 is 0 Å². The van der Waals surface area contributed by atoms with Crippen molar-refractivity contribution >= 4 is 6.09 Å². The molecule has 0 unspecified atom stereocenters. The Morgan fingerprint density at radius 2 is 2.00 bits per heavy atom. The van der Waals surface area contributed by atoms with E-state index < -0.39 is 0 Å². The van der Waals surface area contributed by atoms with Crippen molar-refractivity contribution in [2.45, 2.75) is 13.8 Å². The van der Waals surface area contributed by atoms with Crippen molar-refractivity contribution in [3.63, 3.8) is 0 Å². The van der Waals surface area contributed by atoms with Crippen molar-refractivity contribution in [3.05, 3.63) is 12.2 Å². The molecule has 0 aromatic carbocycles. The van der Waals surface area contributed by atoms with Gasteiger partial charge < -0.3 is 9.64 Å². The number of carbonyl (C=O) groups excluding carboxylic acids is 1. The molecule has 0 saturated carbocycles. The van der Waals surface area contributed by atoms with Crippen LogP contribution in [0.15, 0.2) is 12.2 Å². The molecule has 1 saturated heterocycles. The lowest BCUT2D eigenvalue weighted by Crippen LogP contribution is -2.17. The van der Waals surface area contributed by atoms with E-state index in [1.165, 1.54) is 0 Å². The van der Waals surface area contributed by atoms with E-state index in [2.05, 4.69) is 4.74 Å². The van der Waals surface area contributed by atoms with Crippen molar-refractivity contribution in [2.75, 3.05) is 20.2 Å². The monoisotopic (exact) mass is 157 g/mol. The Morgan fingerprint density at radius 3 is 2.09 bits per heavy atom. The first-order valence-corrected chi connectivity index (χ1v) is 3.67. The Morgan fingerprint density at radius 1 is 1.45 bits per heavy atom. The molecule has 0 aromatic heterocycles. The van der Waals surface area contributed by atoms with E-state index in [1.54, 1.807) is 11.9 Å². The van der Waals surface area contributed by atoms with Gasteiger partial charge in [-0.05, 0) is 13.8 Å². The van der Waals surface area contributed by atoms with E-state index in [-0.39, 0.29) is 6.09 Å². The third-order valence-corrected chi connectivity index (χ3v) is 1.30. The van der Waals surface area contributed by atoms with Crippen LogP contribution in [0.4, 0.5) is 4.79 Å². The van der Waals surface area contributed by atoms with E-state index in [4.69, 9.17) is 0 Å². The molecule has 1 aliphatic heterocycles. The molecular weight excluding hydrogens is 142 g/mol. The molecule has 3 heteroatoms. The predicted molar refractivity (Wildman–Crippen MR) is 44.5 cm³/mol. The van der Waals surface area contributed by atoms with Crippen molar-refractivity contribution in [2.24, 2.45) is 0 Å². The molecule has 1 rings (SSSR count). The van der Waals surface area contributed by atoms with E-state index in [1.807, 2.05) is 26.0 Å². The summed E-state index contributed by atoms with van der Waals surface area (Å²) >= 11 is 0. The zero-order valence-electron chi connectivity index (χ0n) is 7.33. The maximum absolute atomic E-state index is 10.3. The van der Waals surface area contributed by atoms with Gasteiger partial charge in [-0.3, -0.25) is 0 Å². The zero-order chi connectivity index (χ0) is 8.69. The first-order chi connectivity index (χ1) is 5.22. The van der Waals surface area contributed by atoms with Gasteiger partial charge in [0.2, 0.25) is 0 Å². The van der Waals surface area contributed by atoms with Crippen LogP contribution in [0, 0.1) is 0 Å². The maximum Gasteiger partial charge on any atom is 0.409 e. The summed E-state index contributed by atoms with van der Waals surface area (Å²) in [6.45, 7) is 5.29. The van der Waals surface area contributed by atoms with Gasteiger partial charge in [-0.15, -0.1) is 0 Å². The summed E-state index contributed by atoms with van der Waals surface area (Å²) in [6, 6.07) is 0. The molecule has 0 aliphatic carbocycles. The van der Waals surface area contributed by atoms with Crippen molar-refractivity contribution in [1.82, 2.24) is 4.90 Å². The number of allylic oxidation sites excluding steroid dienone is 2. The summed E-state index contributed by atoms with van der Waals surface area (Å²) in [6.07, 6.45) is 3.79. The topological polar surface area (TPSA) is 29.5 Å². The zero-order valence-corrected chi connectivity index (χ0v) is 7.33. The van der Waals surface area contributed by atoms with Gasteiger partial charge in [-0.25, -0.2) is 4.79 Å². The number of amides is 1. The van der Waals surface area contributed by atoms with Gasteiger partial charge in [0.25, 0.3) is 0 Å².